The number of nitrogens with one attached hydrogen (secondary N) is 1. The molecule has 0 aromatic carbocycles. The molecule has 3 atom stereocenters. The first-order valence-electron chi connectivity index (χ1n) is 5.34. The minimum absolute atomic E-state index is 0.416. The molecule has 0 saturated heterocycles. The molecule has 1 amide bonds. The van der Waals surface area contributed by atoms with Crippen LogP contribution in [0.25, 0.3) is 0 Å². The Morgan fingerprint density at radius 2 is 1.82 bits per heavy atom. The van der Waals surface area contributed by atoms with Gasteiger partial charge >= 0.3 is 11.9 Å². The topological polar surface area (TPSA) is 92.7 Å². The predicted octanol–water partition coefficient (Wildman–Crippen LogP) is 0.0209. The maximum Gasteiger partial charge on any atom is 0.328 e. The van der Waals surface area contributed by atoms with Crippen molar-refractivity contribution in [2.24, 2.45) is 17.3 Å². The zero-order chi connectivity index (χ0) is 13.4. The number of rotatable bonds is 4. The zero-order valence-electron chi connectivity index (χ0n) is 10.3. The summed E-state index contributed by atoms with van der Waals surface area (Å²) in [5.74, 6) is -3.23. The molecule has 0 heterocycles. The molecule has 1 fully saturated rings. The number of aliphatic carboxylic acids is 1. The lowest BCUT2D eigenvalue weighted by Crippen LogP contribution is -2.40. The standard InChI is InChI=1S/C11H17NO5/c1-5(10(16)17-4)12-8(13)6-7(9(14)15)11(6,2)3/h5-7H,1-4H3,(H,12,13)(H,14,15)/t5-,6?,7?/m0/s1. The van der Waals surface area contributed by atoms with Gasteiger partial charge in [-0.15, -0.1) is 0 Å². The smallest absolute Gasteiger partial charge is 0.328 e. The van der Waals surface area contributed by atoms with Crippen LogP contribution in [-0.4, -0.2) is 36.1 Å². The number of carbonyl (C=O) groups is 3. The fourth-order valence-electron chi connectivity index (χ4n) is 2.13. The molecule has 0 aromatic heterocycles. The Morgan fingerprint density at radius 1 is 1.29 bits per heavy atom. The fraction of sp³-hybridized carbons (Fsp3) is 0.727. The molecule has 0 radical (unpaired) electrons. The van der Waals surface area contributed by atoms with E-state index in [1.54, 1.807) is 13.8 Å². The van der Waals surface area contributed by atoms with Crippen molar-refractivity contribution in [3.05, 3.63) is 0 Å². The van der Waals surface area contributed by atoms with Crippen molar-refractivity contribution in [3.63, 3.8) is 0 Å². The van der Waals surface area contributed by atoms with Crippen molar-refractivity contribution in [3.8, 4) is 0 Å². The van der Waals surface area contributed by atoms with Crippen LogP contribution in [0.2, 0.25) is 0 Å². The molecule has 1 rings (SSSR count). The van der Waals surface area contributed by atoms with Gasteiger partial charge in [0, 0.05) is 0 Å². The van der Waals surface area contributed by atoms with Gasteiger partial charge in [-0.2, -0.15) is 0 Å². The summed E-state index contributed by atoms with van der Waals surface area (Å²) in [4.78, 5) is 33.8. The molecule has 0 bridgehead atoms. The average molecular weight is 243 g/mol. The first kappa shape index (κ1) is 13.5. The Hall–Kier alpha value is -1.59. The molecule has 2 N–H and O–H groups in total. The maximum absolute atomic E-state index is 11.8. The Balaban J connectivity index is 2.62. The van der Waals surface area contributed by atoms with E-state index in [1.807, 2.05) is 0 Å². The highest BCUT2D eigenvalue weighted by molar-refractivity contribution is 5.93. The molecule has 6 nitrogen and oxygen atoms in total. The molecule has 0 aliphatic heterocycles. The summed E-state index contributed by atoms with van der Waals surface area (Å²) in [6.07, 6.45) is 0. The second-order valence-electron chi connectivity index (χ2n) is 4.87. The van der Waals surface area contributed by atoms with E-state index >= 15 is 0 Å². The molecule has 2 unspecified atom stereocenters. The fourth-order valence-corrected chi connectivity index (χ4v) is 2.13. The van der Waals surface area contributed by atoms with Crippen molar-refractivity contribution >= 4 is 17.8 Å². The van der Waals surface area contributed by atoms with Gasteiger partial charge < -0.3 is 15.2 Å². The first-order chi connectivity index (χ1) is 7.73. The normalized spacial score (nSPS) is 26.8. The monoisotopic (exact) mass is 243 g/mol. The van der Waals surface area contributed by atoms with E-state index in [0.29, 0.717) is 0 Å². The highest BCUT2D eigenvalue weighted by atomic mass is 16.5. The van der Waals surface area contributed by atoms with Crippen LogP contribution >= 0.6 is 0 Å². The minimum atomic E-state index is -0.985. The summed E-state index contributed by atoms with van der Waals surface area (Å²) >= 11 is 0. The van der Waals surface area contributed by atoms with Crippen LogP contribution in [0.4, 0.5) is 0 Å². The van der Waals surface area contributed by atoms with Gasteiger partial charge in [0.15, 0.2) is 0 Å². The van der Waals surface area contributed by atoms with Crippen molar-refractivity contribution in [2.75, 3.05) is 7.11 Å². The van der Waals surface area contributed by atoms with Crippen LogP contribution in [0.1, 0.15) is 20.8 Å². The Kier molecular flexibility index (Phi) is 3.45. The minimum Gasteiger partial charge on any atom is -0.481 e. The van der Waals surface area contributed by atoms with E-state index in [2.05, 4.69) is 10.1 Å². The van der Waals surface area contributed by atoms with Gasteiger partial charge in [-0.1, -0.05) is 13.8 Å². The van der Waals surface area contributed by atoms with Crippen LogP contribution in [-0.2, 0) is 19.1 Å². The van der Waals surface area contributed by atoms with Gasteiger partial charge in [-0.25, -0.2) is 4.79 Å². The number of ether oxygens (including phenoxy) is 1. The summed E-state index contributed by atoms with van der Waals surface area (Å²) in [7, 11) is 1.23. The Morgan fingerprint density at radius 3 is 2.18 bits per heavy atom. The molecule has 96 valence electrons. The molecule has 6 heteroatoms. The summed E-state index contributed by atoms with van der Waals surface area (Å²) in [5.41, 5.74) is -0.564. The number of esters is 1. The van der Waals surface area contributed by atoms with Crippen molar-refractivity contribution < 1.29 is 24.2 Å². The molecular formula is C11H17NO5. The molecule has 1 aliphatic carbocycles. The highest BCUT2D eigenvalue weighted by Crippen LogP contribution is 2.58. The van der Waals surface area contributed by atoms with Crippen molar-refractivity contribution in [1.82, 2.24) is 5.32 Å². The third-order valence-corrected chi connectivity index (χ3v) is 3.29. The van der Waals surface area contributed by atoms with Gasteiger partial charge in [0.25, 0.3) is 0 Å². The van der Waals surface area contributed by atoms with Crippen LogP contribution in [0, 0.1) is 17.3 Å². The van der Waals surface area contributed by atoms with Gasteiger partial charge in [0.1, 0.15) is 6.04 Å². The largest absolute Gasteiger partial charge is 0.481 e. The summed E-state index contributed by atoms with van der Waals surface area (Å²) < 4.78 is 4.47. The van der Waals surface area contributed by atoms with Crippen LogP contribution < -0.4 is 5.32 Å². The molecular weight excluding hydrogens is 226 g/mol. The van der Waals surface area contributed by atoms with Crippen LogP contribution in [0.5, 0.6) is 0 Å². The number of hydrogen-bond acceptors (Lipinski definition) is 4. The first-order valence-corrected chi connectivity index (χ1v) is 5.34. The number of hydrogen-bond donors (Lipinski definition) is 2. The lowest BCUT2D eigenvalue weighted by Gasteiger charge is -2.11. The van der Waals surface area contributed by atoms with Crippen LogP contribution in [0.3, 0.4) is 0 Å². The van der Waals surface area contributed by atoms with E-state index in [4.69, 9.17) is 5.11 Å². The number of carboxylic acid groups (broad SMARTS) is 1. The lowest BCUT2D eigenvalue weighted by molar-refractivity contribution is -0.144. The molecule has 0 spiro atoms. The van der Waals surface area contributed by atoms with Gasteiger partial charge in [0.05, 0.1) is 18.9 Å². The quantitative estimate of drug-likeness (QED) is 0.679. The third-order valence-electron chi connectivity index (χ3n) is 3.29. The Bertz CT molecular complexity index is 363. The zero-order valence-corrected chi connectivity index (χ0v) is 10.3. The summed E-state index contributed by atoms with van der Waals surface area (Å²) in [6.45, 7) is 4.94. The van der Waals surface area contributed by atoms with E-state index in [-0.39, 0.29) is 0 Å². The van der Waals surface area contributed by atoms with Crippen molar-refractivity contribution in [2.45, 2.75) is 26.8 Å². The van der Waals surface area contributed by atoms with Gasteiger partial charge in [0.2, 0.25) is 5.91 Å². The number of methoxy groups -OCH3 is 1. The predicted molar refractivity (Wildman–Crippen MR) is 58.0 cm³/mol. The number of carbonyl (C=O) groups excluding carboxylic acids is 2. The second kappa shape index (κ2) is 4.35. The van der Waals surface area contributed by atoms with E-state index < -0.39 is 41.1 Å². The molecule has 1 saturated carbocycles. The van der Waals surface area contributed by atoms with E-state index in [9.17, 15) is 14.4 Å². The number of amides is 1. The van der Waals surface area contributed by atoms with Crippen molar-refractivity contribution in [1.29, 1.82) is 0 Å². The van der Waals surface area contributed by atoms with Crippen LogP contribution in [0.15, 0.2) is 0 Å². The molecule has 1 aliphatic rings. The third kappa shape index (κ3) is 2.40. The van der Waals surface area contributed by atoms with E-state index in [0.717, 1.165) is 0 Å². The summed E-state index contributed by atoms with van der Waals surface area (Å²) in [5, 5.41) is 11.4. The van der Waals surface area contributed by atoms with E-state index in [1.165, 1.54) is 14.0 Å². The van der Waals surface area contributed by atoms with Gasteiger partial charge in [-0.05, 0) is 12.3 Å². The highest BCUT2D eigenvalue weighted by Gasteiger charge is 2.66. The molecule has 17 heavy (non-hydrogen) atoms. The Labute approximate surface area is 99.3 Å². The number of carboxylic acids is 1. The molecule has 0 aromatic rings. The maximum atomic E-state index is 11.8. The second-order valence-corrected chi connectivity index (χ2v) is 4.87. The lowest BCUT2D eigenvalue weighted by atomic mass is 10.1. The average Bonchev–Trinajstić information content (AvgIpc) is 2.80. The summed E-state index contributed by atoms with van der Waals surface area (Å²) in [6, 6.07) is -0.765. The SMILES string of the molecule is COC(=O)[C@H](C)NC(=O)C1C(C(=O)O)C1(C)C. The van der Waals surface area contributed by atoms with Gasteiger partial charge in [-0.3, -0.25) is 9.59 Å².